The van der Waals surface area contributed by atoms with Gasteiger partial charge in [-0.25, -0.2) is 5.43 Å². The Morgan fingerprint density at radius 3 is 2.48 bits per heavy atom. The number of hydrazone groups is 1. The van der Waals surface area contributed by atoms with Crippen LogP contribution in [0.25, 0.3) is 0 Å². The molecule has 1 aliphatic rings. The molecule has 2 aromatic carbocycles. The van der Waals surface area contributed by atoms with Gasteiger partial charge in [0.1, 0.15) is 5.75 Å². The molecule has 1 saturated carbocycles. The van der Waals surface area contributed by atoms with E-state index in [0.29, 0.717) is 17.0 Å². The van der Waals surface area contributed by atoms with E-state index in [1.54, 1.807) is 31.4 Å². The Kier molecular flexibility index (Phi) is 7.00. The highest BCUT2D eigenvalue weighted by atomic mass is 16.5. The average molecular weight is 393 g/mol. The molecular weight excluding hydrogens is 366 g/mol. The van der Waals surface area contributed by atoms with Crippen LogP contribution in [0.15, 0.2) is 53.6 Å². The number of ether oxygens (including phenoxy) is 1. The molecule has 3 rings (SSSR count). The molecule has 2 N–H and O–H groups in total. The summed E-state index contributed by atoms with van der Waals surface area (Å²) in [6, 6.07) is 14.4. The van der Waals surface area contributed by atoms with Gasteiger partial charge in [0.2, 0.25) is 5.91 Å². The van der Waals surface area contributed by atoms with Gasteiger partial charge in [-0.3, -0.25) is 9.59 Å². The molecule has 0 spiro atoms. The summed E-state index contributed by atoms with van der Waals surface area (Å²) in [5.41, 5.74) is 5.26. The Morgan fingerprint density at radius 1 is 1.00 bits per heavy atom. The van der Waals surface area contributed by atoms with Crippen molar-refractivity contribution in [3.05, 3.63) is 59.7 Å². The molecule has 29 heavy (non-hydrogen) atoms. The lowest BCUT2D eigenvalue weighted by atomic mass is 9.88. The summed E-state index contributed by atoms with van der Waals surface area (Å²) >= 11 is 0. The molecule has 0 bridgehead atoms. The van der Waals surface area contributed by atoms with Crippen LogP contribution < -0.4 is 15.5 Å². The van der Waals surface area contributed by atoms with Crippen LogP contribution in [0, 0.1) is 5.92 Å². The van der Waals surface area contributed by atoms with Crippen molar-refractivity contribution in [2.75, 3.05) is 12.4 Å². The monoisotopic (exact) mass is 393 g/mol. The largest absolute Gasteiger partial charge is 0.497 e. The number of hydrogen-bond donors (Lipinski definition) is 2. The molecule has 0 aromatic heterocycles. The predicted molar refractivity (Wildman–Crippen MR) is 114 cm³/mol. The van der Waals surface area contributed by atoms with Crippen molar-refractivity contribution in [2.45, 2.75) is 39.0 Å². The van der Waals surface area contributed by atoms with Crippen LogP contribution in [0.2, 0.25) is 0 Å². The predicted octanol–water partition coefficient (Wildman–Crippen LogP) is 4.37. The molecule has 0 unspecified atom stereocenters. The number of benzene rings is 2. The van der Waals surface area contributed by atoms with Crippen molar-refractivity contribution < 1.29 is 14.3 Å². The van der Waals surface area contributed by atoms with Crippen molar-refractivity contribution in [1.29, 1.82) is 0 Å². The summed E-state index contributed by atoms with van der Waals surface area (Å²) in [5.74, 6) is 0.483. The van der Waals surface area contributed by atoms with Crippen LogP contribution in [0.3, 0.4) is 0 Å². The third kappa shape index (κ3) is 5.67. The minimum Gasteiger partial charge on any atom is -0.497 e. The SMILES string of the molecule is COc1cccc(C(=O)NN=C(C)c2cccc(NC(=O)C3CCCCC3)c2)c1. The molecule has 2 aromatic rings. The fourth-order valence-corrected chi connectivity index (χ4v) is 3.46. The number of hydrogen-bond acceptors (Lipinski definition) is 4. The Bertz CT molecular complexity index is 902. The first-order chi connectivity index (χ1) is 14.1. The highest BCUT2D eigenvalue weighted by molar-refractivity contribution is 6.02. The summed E-state index contributed by atoms with van der Waals surface area (Å²) in [4.78, 5) is 24.8. The lowest BCUT2D eigenvalue weighted by Gasteiger charge is -2.20. The van der Waals surface area contributed by atoms with Crippen molar-refractivity contribution >= 4 is 23.2 Å². The molecular formula is C23H27N3O3. The zero-order valence-electron chi connectivity index (χ0n) is 16.9. The van der Waals surface area contributed by atoms with Crippen LogP contribution in [0.1, 0.15) is 54.9 Å². The average Bonchev–Trinajstić information content (AvgIpc) is 2.78. The molecule has 6 heteroatoms. The van der Waals surface area contributed by atoms with Gasteiger partial charge in [0.25, 0.3) is 5.91 Å². The Morgan fingerprint density at radius 2 is 1.72 bits per heavy atom. The van der Waals surface area contributed by atoms with E-state index in [-0.39, 0.29) is 17.7 Å². The first kappa shape index (κ1) is 20.6. The van der Waals surface area contributed by atoms with Gasteiger partial charge in [0, 0.05) is 17.2 Å². The zero-order valence-corrected chi connectivity index (χ0v) is 16.9. The molecule has 0 aliphatic heterocycles. The molecule has 2 amide bonds. The summed E-state index contributed by atoms with van der Waals surface area (Å²) in [6.07, 6.45) is 5.38. The van der Waals surface area contributed by atoms with Crippen LogP contribution in [-0.4, -0.2) is 24.6 Å². The second-order valence-electron chi connectivity index (χ2n) is 7.28. The Hall–Kier alpha value is -3.15. The molecule has 1 aliphatic carbocycles. The van der Waals surface area contributed by atoms with Gasteiger partial charge >= 0.3 is 0 Å². The van der Waals surface area contributed by atoms with E-state index in [2.05, 4.69) is 15.8 Å². The van der Waals surface area contributed by atoms with E-state index in [4.69, 9.17) is 4.74 Å². The maximum absolute atomic E-state index is 12.5. The quantitative estimate of drug-likeness (QED) is 0.565. The highest BCUT2D eigenvalue weighted by Gasteiger charge is 2.21. The van der Waals surface area contributed by atoms with Crippen molar-refractivity contribution in [1.82, 2.24) is 5.43 Å². The van der Waals surface area contributed by atoms with Gasteiger partial charge in [-0.2, -0.15) is 5.10 Å². The summed E-state index contributed by atoms with van der Waals surface area (Å²) in [5, 5.41) is 7.22. The molecule has 152 valence electrons. The second kappa shape index (κ2) is 9.87. The number of amides is 2. The minimum absolute atomic E-state index is 0.0859. The van der Waals surface area contributed by atoms with Crippen LogP contribution in [0.5, 0.6) is 5.75 Å². The van der Waals surface area contributed by atoms with E-state index in [1.165, 1.54) is 6.42 Å². The number of methoxy groups -OCH3 is 1. The third-order valence-electron chi connectivity index (χ3n) is 5.18. The number of anilines is 1. The molecule has 0 saturated heterocycles. The van der Waals surface area contributed by atoms with E-state index in [0.717, 1.165) is 36.9 Å². The van der Waals surface area contributed by atoms with Crippen LogP contribution in [-0.2, 0) is 4.79 Å². The summed E-state index contributed by atoms with van der Waals surface area (Å²) in [6.45, 7) is 1.81. The molecule has 0 heterocycles. The first-order valence-corrected chi connectivity index (χ1v) is 9.97. The Balaban J connectivity index is 1.64. The third-order valence-corrected chi connectivity index (χ3v) is 5.18. The Labute approximate surface area is 171 Å². The zero-order chi connectivity index (χ0) is 20.6. The maximum Gasteiger partial charge on any atom is 0.271 e. The second-order valence-corrected chi connectivity index (χ2v) is 7.28. The number of rotatable bonds is 6. The van der Waals surface area contributed by atoms with E-state index < -0.39 is 0 Å². The number of carbonyl (C=O) groups is 2. The molecule has 0 atom stereocenters. The smallest absolute Gasteiger partial charge is 0.271 e. The lowest BCUT2D eigenvalue weighted by Crippen LogP contribution is -2.24. The van der Waals surface area contributed by atoms with Gasteiger partial charge in [-0.15, -0.1) is 0 Å². The molecule has 1 fully saturated rings. The fraction of sp³-hybridized carbons (Fsp3) is 0.348. The van der Waals surface area contributed by atoms with Crippen LogP contribution in [0.4, 0.5) is 5.69 Å². The van der Waals surface area contributed by atoms with Crippen molar-refractivity contribution in [3.8, 4) is 5.75 Å². The van der Waals surface area contributed by atoms with Gasteiger partial charge in [0.15, 0.2) is 0 Å². The normalized spacial score (nSPS) is 14.9. The van der Waals surface area contributed by atoms with Gasteiger partial charge in [-0.1, -0.05) is 37.5 Å². The summed E-state index contributed by atoms with van der Waals surface area (Å²) in [7, 11) is 1.55. The van der Waals surface area contributed by atoms with E-state index >= 15 is 0 Å². The van der Waals surface area contributed by atoms with Crippen LogP contribution >= 0.6 is 0 Å². The van der Waals surface area contributed by atoms with Gasteiger partial charge in [0.05, 0.1) is 12.8 Å². The molecule has 0 radical (unpaired) electrons. The van der Waals surface area contributed by atoms with Gasteiger partial charge < -0.3 is 10.1 Å². The number of carbonyl (C=O) groups excluding carboxylic acids is 2. The number of nitrogens with zero attached hydrogens (tertiary/aromatic N) is 1. The van der Waals surface area contributed by atoms with Gasteiger partial charge in [-0.05, 0) is 55.7 Å². The maximum atomic E-state index is 12.5. The minimum atomic E-state index is -0.315. The topological polar surface area (TPSA) is 79.8 Å². The lowest BCUT2D eigenvalue weighted by molar-refractivity contribution is -0.120. The summed E-state index contributed by atoms with van der Waals surface area (Å²) < 4.78 is 5.14. The standard InChI is InChI=1S/C23H27N3O3/c1-16(25-26-23(28)19-11-7-13-21(15-19)29-2)18-10-6-12-20(14-18)24-22(27)17-8-4-3-5-9-17/h6-7,10-15,17H,3-5,8-9H2,1-2H3,(H,24,27)(H,26,28). The van der Waals surface area contributed by atoms with Crippen molar-refractivity contribution in [3.63, 3.8) is 0 Å². The molecule has 6 nitrogen and oxygen atoms in total. The number of nitrogens with one attached hydrogen (secondary N) is 2. The highest BCUT2D eigenvalue weighted by Crippen LogP contribution is 2.25. The first-order valence-electron chi connectivity index (χ1n) is 9.97. The fourth-order valence-electron chi connectivity index (χ4n) is 3.46. The van der Waals surface area contributed by atoms with Crippen molar-refractivity contribution in [2.24, 2.45) is 11.0 Å². The van der Waals surface area contributed by atoms with E-state index in [1.807, 2.05) is 31.2 Å². The van der Waals surface area contributed by atoms with E-state index in [9.17, 15) is 9.59 Å².